The van der Waals surface area contributed by atoms with Crippen LogP contribution in [0.3, 0.4) is 0 Å². The number of benzene rings is 7. The van der Waals surface area contributed by atoms with Gasteiger partial charge in [-0.3, -0.25) is 0 Å². The minimum Gasteiger partial charge on any atom is -0.495 e. The molecule has 0 aliphatic heterocycles. The van der Waals surface area contributed by atoms with Crippen LogP contribution in [0.2, 0.25) is 5.02 Å². The highest BCUT2D eigenvalue weighted by molar-refractivity contribution is 6.30. The minimum atomic E-state index is 0.680. The van der Waals surface area contributed by atoms with E-state index in [1.807, 2.05) is 195 Å². The van der Waals surface area contributed by atoms with Crippen molar-refractivity contribution in [3.8, 4) is 39.5 Å². The van der Waals surface area contributed by atoms with Crippen LogP contribution in [-0.4, -0.2) is 37.7 Å². The van der Waals surface area contributed by atoms with Gasteiger partial charge < -0.3 is 20.7 Å². The van der Waals surface area contributed by atoms with Crippen LogP contribution in [0.4, 0.5) is 34.5 Å². The van der Waals surface area contributed by atoms with Crippen LogP contribution >= 0.6 is 11.6 Å². The molecule has 0 radical (unpaired) electrons. The predicted octanol–water partition coefficient (Wildman–Crippen LogP) is 13.8. The third-order valence-corrected chi connectivity index (χ3v) is 10.3. The number of anilines is 6. The molecule has 0 saturated carbocycles. The Morgan fingerprint density at radius 3 is 1.62 bits per heavy atom. The summed E-state index contributed by atoms with van der Waals surface area (Å²) in [6.45, 7) is 2.01. The first-order valence-electron chi connectivity index (χ1n) is 20.8. The number of nitrogens with zero attached hydrogens (tertiary/aromatic N) is 6. The monoisotopic (exact) mass is 869 g/mol. The van der Waals surface area contributed by atoms with Gasteiger partial charge in [-0.1, -0.05) is 163 Å². The molecule has 0 aliphatic rings. The molecule has 0 unspecified atom stereocenters. The average Bonchev–Trinajstić information content (AvgIpc) is 3.37. The minimum absolute atomic E-state index is 0.680. The number of halogens is 1. The van der Waals surface area contributed by atoms with E-state index in [1.54, 1.807) is 7.11 Å². The lowest BCUT2D eigenvalue weighted by Gasteiger charge is -2.11. The van der Waals surface area contributed by atoms with E-state index in [1.165, 1.54) is 0 Å². The smallest absolute Gasteiger partial charge is 0.161 e. The van der Waals surface area contributed by atoms with Crippen LogP contribution < -0.4 is 20.7 Å². The highest BCUT2D eigenvalue weighted by Gasteiger charge is 2.11. The second-order valence-electron chi connectivity index (χ2n) is 14.6. The Morgan fingerprint density at radius 2 is 0.969 bits per heavy atom. The highest BCUT2D eigenvalue weighted by Crippen LogP contribution is 2.31. The zero-order chi connectivity index (χ0) is 44.6. The van der Waals surface area contributed by atoms with E-state index in [9.17, 15) is 0 Å². The Kier molecular flexibility index (Phi) is 14.3. The van der Waals surface area contributed by atoms with Crippen molar-refractivity contribution in [1.82, 2.24) is 30.6 Å². The zero-order valence-electron chi connectivity index (χ0n) is 35.7. The number of rotatable bonds is 10. The molecule has 3 N–H and O–H groups in total. The molecule has 318 valence electrons. The number of hydrogen-bond donors (Lipinski definition) is 3. The molecule has 10 nitrogen and oxygen atoms in total. The highest BCUT2D eigenvalue weighted by atomic mass is 35.5. The summed E-state index contributed by atoms with van der Waals surface area (Å²) in [6, 6.07) is 69.5. The van der Waals surface area contributed by atoms with E-state index in [0.29, 0.717) is 10.8 Å². The lowest BCUT2D eigenvalue weighted by atomic mass is 10.0. The largest absolute Gasteiger partial charge is 0.495 e. The van der Waals surface area contributed by atoms with Gasteiger partial charge in [0.15, 0.2) is 17.5 Å². The Labute approximate surface area is 383 Å². The summed E-state index contributed by atoms with van der Waals surface area (Å²) in [5, 5.41) is 38.5. The van der Waals surface area contributed by atoms with E-state index in [2.05, 4.69) is 70.8 Å². The van der Waals surface area contributed by atoms with Gasteiger partial charge in [0.2, 0.25) is 0 Å². The average molecular weight is 870 g/mol. The number of methoxy groups -OCH3 is 1. The number of para-hydroxylation sites is 3. The summed E-state index contributed by atoms with van der Waals surface area (Å²) in [7, 11) is 1.64. The van der Waals surface area contributed by atoms with Crippen LogP contribution in [0.15, 0.2) is 212 Å². The number of hydrogen-bond acceptors (Lipinski definition) is 10. The van der Waals surface area contributed by atoms with Crippen molar-refractivity contribution in [1.29, 1.82) is 0 Å². The number of aromatic nitrogens is 6. The first-order valence-corrected chi connectivity index (χ1v) is 21.2. The second kappa shape index (κ2) is 21.6. The molecule has 0 atom stereocenters. The summed E-state index contributed by atoms with van der Waals surface area (Å²) >= 11 is 5.98. The SMILES string of the molecule is COc1ccccc1Nc1ccc(-c2ccccc2)nn1.Cc1cc(-c2ccccc2)nnc1Nc1cccc(Cl)c1.c1ccc(Nc2nnc(-c3ccccc3)c3ccccc23)cc1. The van der Waals surface area contributed by atoms with Gasteiger partial charge in [-0.2, -0.15) is 0 Å². The molecule has 11 heteroatoms. The van der Waals surface area contributed by atoms with E-state index in [0.717, 1.165) is 84.6 Å². The van der Waals surface area contributed by atoms with Crippen LogP contribution in [0, 0.1) is 6.92 Å². The molecule has 0 aliphatic carbocycles. The van der Waals surface area contributed by atoms with Gasteiger partial charge in [-0.25, -0.2) is 0 Å². The van der Waals surface area contributed by atoms with Crippen molar-refractivity contribution in [2.75, 3.05) is 23.1 Å². The number of aryl methyl sites for hydroxylation is 1. The van der Waals surface area contributed by atoms with Crippen LogP contribution in [-0.2, 0) is 0 Å². The molecule has 0 bridgehead atoms. The van der Waals surface area contributed by atoms with Gasteiger partial charge in [-0.15, -0.1) is 30.6 Å². The van der Waals surface area contributed by atoms with Gasteiger partial charge >= 0.3 is 0 Å². The van der Waals surface area contributed by atoms with E-state index in [-0.39, 0.29) is 0 Å². The first kappa shape index (κ1) is 43.2. The summed E-state index contributed by atoms with van der Waals surface area (Å²) < 4.78 is 5.30. The van der Waals surface area contributed by atoms with Crippen molar-refractivity contribution in [2.24, 2.45) is 0 Å². The van der Waals surface area contributed by atoms with Gasteiger partial charge in [0.25, 0.3) is 0 Å². The Balaban J connectivity index is 0.000000133. The van der Waals surface area contributed by atoms with E-state index >= 15 is 0 Å². The molecule has 3 aromatic heterocycles. The van der Waals surface area contributed by atoms with Crippen LogP contribution in [0.25, 0.3) is 44.5 Å². The molecule has 7 aromatic carbocycles. The van der Waals surface area contributed by atoms with Crippen molar-refractivity contribution >= 4 is 56.9 Å². The molecule has 3 heterocycles. The summed E-state index contributed by atoms with van der Waals surface area (Å²) in [4.78, 5) is 0. The van der Waals surface area contributed by atoms with Crippen molar-refractivity contribution < 1.29 is 4.74 Å². The van der Waals surface area contributed by atoms with E-state index < -0.39 is 0 Å². The molecule has 0 spiro atoms. The van der Waals surface area contributed by atoms with Crippen molar-refractivity contribution in [2.45, 2.75) is 6.92 Å². The van der Waals surface area contributed by atoms with Gasteiger partial charge in [0.05, 0.1) is 24.2 Å². The summed E-state index contributed by atoms with van der Waals surface area (Å²) in [5.74, 6) is 2.95. The first-order chi connectivity index (χ1) is 32.0. The normalized spacial score (nSPS) is 10.4. The van der Waals surface area contributed by atoms with Crippen LogP contribution in [0.5, 0.6) is 5.75 Å². The summed E-state index contributed by atoms with van der Waals surface area (Å²) in [5.41, 5.74) is 9.59. The lowest BCUT2D eigenvalue weighted by molar-refractivity contribution is 0.417. The molecule has 10 rings (SSSR count). The standard InChI is InChI=1S/C20H15N3.C17H14ClN3.C17H15N3O/c1-3-9-15(10-4-1)19-17-13-7-8-14-18(17)20(23-22-19)21-16-11-5-2-6-12-16;1-12-10-16(13-6-3-2-4-7-13)20-21-17(12)19-15-9-5-8-14(18)11-15;1-21-16-10-6-5-9-15(16)18-17-12-11-14(19-20-17)13-7-3-2-4-8-13/h1-14H,(H,21,23);2-11H,1H3,(H,19,21);2-12H,1H3,(H,18,20). The fourth-order valence-electron chi connectivity index (χ4n) is 6.77. The molecule has 10 aromatic rings. The quantitative estimate of drug-likeness (QED) is 0.122. The Bertz CT molecular complexity index is 3070. The van der Waals surface area contributed by atoms with Gasteiger partial charge in [-0.05, 0) is 73.2 Å². The topological polar surface area (TPSA) is 123 Å². The Morgan fingerprint density at radius 1 is 0.415 bits per heavy atom. The molecular formula is C54H44ClN9O. The fourth-order valence-corrected chi connectivity index (χ4v) is 6.96. The third kappa shape index (κ3) is 11.5. The lowest BCUT2D eigenvalue weighted by Crippen LogP contribution is -1.99. The molecule has 65 heavy (non-hydrogen) atoms. The Hall–Kier alpha value is -8.47. The van der Waals surface area contributed by atoms with E-state index in [4.69, 9.17) is 16.3 Å². The third-order valence-electron chi connectivity index (χ3n) is 10.0. The van der Waals surface area contributed by atoms with Crippen LogP contribution in [0.1, 0.15) is 5.56 Å². The van der Waals surface area contributed by atoms with Crippen molar-refractivity contribution in [3.05, 3.63) is 223 Å². The molecular weight excluding hydrogens is 826 g/mol. The zero-order valence-corrected chi connectivity index (χ0v) is 36.4. The van der Waals surface area contributed by atoms with Gasteiger partial charge in [0.1, 0.15) is 11.4 Å². The number of ether oxygens (including phenoxy) is 1. The number of fused-ring (bicyclic) bond motifs is 1. The number of nitrogens with one attached hydrogen (secondary N) is 3. The molecule has 0 amide bonds. The predicted molar refractivity (Wildman–Crippen MR) is 265 cm³/mol. The fraction of sp³-hybridized carbons (Fsp3) is 0.0370. The van der Waals surface area contributed by atoms with Gasteiger partial charge in [0, 0.05) is 43.9 Å². The second-order valence-corrected chi connectivity index (χ2v) is 15.0. The maximum absolute atomic E-state index is 5.98. The molecule has 0 saturated heterocycles. The van der Waals surface area contributed by atoms with Crippen molar-refractivity contribution in [3.63, 3.8) is 0 Å². The maximum Gasteiger partial charge on any atom is 0.161 e. The molecule has 0 fully saturated rings. The summed E-state index contributed by atoms with van der Waals surface area (Å²) in [6.07, 6.45) is 0. The maximum atomic E-state index is 5.98.